The van der Waals surface area contributed by atoms with Crippen LogP contribution in [0.1, 0.15) is 50.5 Å². The summed E-state index contributed by atoms with van der Waals surface area (Å²) >= 11 is 0. The lowest BCUT2D eigenvalue weighted by Crippen LogP contribution is -2.44. The van der Waals surface area contributed by atoms with Crippen LogP contribution in [0.15, 0.2) is 12.5 Å². The third-order valence-corrected chi connectivity index (χ3v) is 4.12. The predicted molar refractivity (Wildman–Crippen MR) is 71.3 cm³/mol. The van der Waals surface area contributed by atoms with Gasteiger partial charge in [0, 0.05) is 19.1 Å². The molecule has 0 N–H and O–H groups in total. The summed E-state index contributed by atoms with van der Waals surface area (Å²) in [6.45, 7) is 6.57. The molecule has 0 aromatic carbocycles. The number of hydrogen-bond donors (Lipinski definition) is 0. The van der Waals surface area contributed by atoms with Crippen molar-refractivity contribution in [3.63, 3.8) is 0 Å². The summed E-state index contributed by atoms with van der Waals surface area (Å²) < 4.78 is 1.81. The molecule has 0 saturated heterocycles. The zero-order valence-corrected chi connectivity index (χ0v) is 11.8. The minimum absolute atomic E-state index is 0.130. The van der Waals surface area contributed by atoms with Gasteiger partial charge in [-0.05, 0) is 25.7 Å². The normalized spacial score (nSPS) is 18.4. The molecule has 2 atom stereocenters. The maximum Gasteiger partial charge on any atom is 0.272 e. The van der Waals surface area contributed by atoms with Gasteiger partial charge in [0.05, 0.1) is 12.5 Å². The van der Waals surface area contributed by atoms with E-state index in [1.54, 1.807) is 17.1 Å². The molecule has 4 nitrogen and oxygen atoms in total. The van der Waals surface area contributed by atoms with Gasteiger partial charge >= 0.3 is 0 Å². The van der Waals surface area contributed by atoms with Crippen molar-refractivity contribution in [1.29, 1.82) is 0 Å². The molecule has 4 heteroatoms. The highest BCUT2D eigenvalue weighted by atomic mass is 16.2. The zero-order valence-electron chi connectivity index (χ0n) is 11.8. The van der Waals surface area contributed by atoms with Gasteiger partial charge in [0.25, 0.3) is 5.91 Å². The van der Waals surface area contributed by atoms with Gasteiger partial charge in [-0.2, -0.15) is 0 Å². The monoisotopic (exact) mass is 249 g/mol. The molecule has 1 aromatic heterocycles. The van der Waals surface area contributed by atoms with E-state index in [1.165, 1.54) is 0 Å². The standard InChI is InChI=1S/C14H23N3O/c1-5-10(2)11(3)17(12-6-7-12)14(18)13-8-15-9-16(13)4/h8-12H,5-7H2,1-4H3/t10-,11+/m1/s1. The SMILES string of the molecule is CC[C@@H](C)[C@H](C)N(C(=O)c1cncn1C)C1CC1. The third-order valence-electron chi connectivity index (χ3n) is 4.12. The van der Waals surface area contributed by atoms with Crippen LogP contribution in [-0.4, -0.2) is 32.4 Å². The number of amides is 1. The van der Waals surface area contributed by atoms with Crippen LogP contribution in [0, 0.1) is 5.92 Å². The molecule has 2 rings (SSSR count). The first-order valence-corrected chi connectivity index (χ1v) is 6.85. The lowest BCUT2D eigenvalue weighted by atomic mass is 9.98. The molecule has 0 unspecified atom stereocenters. The summed E-state index contributed by atoms with van der Waals surface area (Å²) in [4.78, 5) is 18.8. The number of carbonyl (C=O) groups excluding carboxylic acids is 1. The van der Waals surface area contributed by atoms with E-state index in [0.717, 1.165) is 19.3 Å². The molecule has 0 spiro atoms. The molecular formula is C14H23N3O. The second-order valence-electron chi connectivity index (χ2n) is 5.46. The van der Waals surface area contributed by atoms with Crippen molar-refractivity contribution in [2.75, 3.05) is 0 Å². The Kier molecular flexibility index (Phi) is 3.73. The van der Waals surface area contributed by atoms with Gasteiger partial charge in [-0.25, -0.2) is 4.98 Å². The topological polar surface area (TPSA) is 38.1 Å². The fourth-order valence-corrected chi connectivity index (χ4v) is 2.35. The molecule has 1 aliphatic carbocycles. The van der Waals surface area contributed by atoms with E-state index in [-0.39, 0.29) is 5.91 Å². The Labute approximate surface area is 109 Å². The zero-order chi connectivity index (χ0) is 13.3. The van der Waals surface area contributed by atoms with Crippen LogP contribution >= 0.6 is 0 Å². The molecule has 1 aliphatic rings. The second-order valence-corrected chi connectivity index (χ2v) is 5.46. The van der Waals surface area contributed by atoms with Gasteiger partial charge in [0.1, 0.15) is 5.69 Å². The van der Waals surface area contributed by atoms with Crippen molar-refractivity contribution in [3.8, 4) is 0 Å². The highest BCUT2D eigenvalue weighted by Gasteiger charge is 2.38. The summed E-state index contributed by atoms with van der Waals surface area (Å²) in [5.74, 6) is 0.660. The number of hydrogen-bond acceptors (Lipinski definition) is 2. The van der Waals surface area contributed by atoms with E-state index in [0.29, 0.717) is 23.7 Å². The lowest BCUT2D eigenvalue weighted by molar-refractivity contribution is 0.0606. The van der Waals surface area contributed by atoms with Crippen LogP contribution in [0.3, 0.4) is 0 Å². The average molecular weight is 249 g/mol. The van der Waals surface area contributed by atoms with Crippen molar-refractivity contribution in [1.82, 2.24) is 14.5 Å². The fourth-order valence-electron chi connectivity index (χ4n) is 2.35. The Balaban J connectivity index is 2.20. The summed E-state index contributed by atoms with van der Waals surface area (Å²) in [7, 11) is 1.87. The minimum Gasteiger partial charge on any atom is -0.331 e. The number of nitrogens with zero attached hydrogens (tertiary/aromatic N) is 3. The average Bonchev–Trinajstić information content (AvgIpc) is 3.09. The van der Waals surface area contributed by atoms with Crippen molar-refractivity contribution in [2.24, 2.45) is 13.0 Å². The van der Waals surface area contributed by atoms with E-state index in [4.69, 9.17) is 0 Å². The van der Waals surface area contributed by atoms with E-state index in [2.05, 4.69) is 30.7 Å². The maximum atomic E-state index is 12.6. The van der Waals surface area contributed by atoms with E-state index in [9.17, 15) is 4.79 Å². The highest BCUT2D eigenvalue weighted by Crippen LogP contribution is 2.32. The van der Waals surface area contributed by atoms with Crippen LogP contribution in [0.2, 0.25) is 0 Å². The van der Waals surface area contributed by atoms with Crippen LogP contribution in [0.4, 0.5) is 0 Å². The number of carbonyl (C=O) groups is 1. The summed E-state index contributed by atoms with van der Waals surface area (Å²) in [6, 6.07) is 0.737. The van der Waals surface area contributed by atoms with Crippen molar-refractivity contribution >= 4 is 5.91 Å². The van der Waals surface area contributed by atoms with Crippen molar-refractivity contribution in [3.05, 3.63) is 18.2 Å². The number of rotatable bonds is 5. The lowest BCUT2D eigenvalue weighted by Gasteiger charge is -2.33. The number of aryl methyl sites for hydroxylation is 1. The van der Waals surface area contributed by atoms with Crippen molar-refractivity contribution in [2.45, 2.75) is 52.1 Å². The fraction of sp³-hybridized carbons (Fsp3) is 0.714. The smallest absolute Gasteiger partial charge is 0.272 e. The largest absolute Gasteiger partial charge is 0.331 e. The summed E-state index contributed by atoms with van der Waals surface area (Å²) in [5, 5.41) is 0. The first-order valence-electron chi connectivity index (χ1n) is 6.85. The molecule has 1 saturated carbocycles. The summed E-state index contributed by atoms with van der Waals surface area (Å²) in [6.07, 6.45) is 6.74. The minimum atomic E-state index is 0.130. The molecule has 1 aromatic rings. The van der Waals surface area contributed by atoms with Crippen molar-refractivity contribution < 1.29 is 4.79 Å². The Bertz CT molecular complexity index is 422. The van der Waals surface area contributed by atoms with Gasteiger partial charge in [-0.15, -0.1) is 0 Å². The van der Waals surface area contributed by atoms with Gasteiger partial charge in [-0.1, -0.05) is 20.3 Å². The Morgan fingerprint density at radius 1 is 1.56 bits per heavy atom. The van der Waals surface area contributed by atoms with Crippen LogP contribution in [0.5, 0.6) is 0 Å². The number of imidazole rings is 1. The first-order chi connectivity index (χ1) is 8.56. The van der Waals surface area contributed by atoms with Gasteiger partial charge in [0.15, 0.2) is 0 Å². The second kappa shape index (κ2) is 5.12. The summed E-state index contributed by atoms with van der Waals surface area (Å²) in [5.41, 5.74) is 0.692. The van der Waals surface area contributed by atoms with Crippen LogP contribution in [0.25, 0.3) is 0 Å². The Hall–Kier alpha value is -1.32. The van der Waals surface area contributed by atoms with E-state index < -0.39 is 0 Å². The molecule has 0 aliphatic heterocycles. The quantitative estimate of drug-likeness (QED) is 0.804. The molecule has 0 radical (unpaired) electrons. The third kappa shape index (κ3) is 2.42. The molecule has 1 heterocycles. The molecule has 1 fully saturated rings. The Morgan fingerprint density at radius 2 is 2.22 bits per heavy atom. The maximum absolute atomic E-state index is 12.6. The van der Waals surface area contributed by atoms with Gasteiger partial charge in [0.2, 0.25) is 0 Å². The molecule has 18 heavy (non-hydrogen) atoms. The Morgan fingerprint density at radius 3 is 2.67 bits per heavy atom. The number of aromatic nitrogens is 2. The van der Waals surface area contributed by atoms with E-state index in [1.807, 2.05) is 7.05 Å². The highest BCUT2D eigenvalue weighted by molar-refractivity contribution is 5.93. The van der Waals surface area contributed by atoms with Crippen LogP contribution in [-0.2, 0) is 7.05 Å². The van der Waals surface area contributed by atoms with Gasteiger partial charge < -0.3 is 9.47 Å². The van der Waals surface area contributed by atoms with E-state index >= 15 is 0 Å². The predicted octanol–water partition coefficient (Wildman–Crippen LogP) is 2.46. The van der Waals surface area contributed by atoms with Gasteiger partial charge in [-0.3, -0.25) is 4.79 Å². The first kappa shape index (κ1) is 13.1. The molecule has 1 amide bonds. The van der Waals surface area contributed by atoms with Crippen LogP contribution < -0.4 is 0 Å². The molecule has 0 bridgehead atoms. The molecular weight excluding hydrogens is 226 g/mol. The molecule has 100 valence electrons.